The van der Waals surface area contributed by atoms with Gasteiger partial charge in [0.15, 0.2) is 5.82 Å². The van der Waals surface area contributed by atoms with Gasteiger partial charge < -0.3 is 5.32 Å². The van der Waals surface area contributed by atoms with Gasteiger partial charge in [-0.2, -0.15) is 0 Å². The van der Waals surface area contributed by atoms with Gasteiger partial charge in [0.2, 0.25) is 0 Å². The van der Waals surface area contributed by atoms with E-state index in [1.807, 2.05) is 33.0 Å². The molecule has 0 saturated carbocycles. The number of aromatic nitrogens is 2. The van der Waals surface area contributed by atoms with Crippen molar-refractivity contribution in [1.29, 1.82) is 0 Å². The van der Waals surface area contributed by atoms with E-state index in [0.29, 0.717) is 11.4 Å². The third kappa shape index (κ3) is 2.14. The first-order valence-corrected chi connectivity index (χ1v) is 7.12. The lowest BCUT2D eigenvalue weighted by molar-refractivity contribution is 0.629. The molecule has 2 aromatic heterocycles. The molecule has 1 N–H and O–H groups in total. The van der Waals surface area contributed by atoms with Gasteiger partial charge in [0.05, 0.1) is 10.9 Å². The predicted octanol–water partition coefficient (Wildman–Crippen LogP) is 4.16. The number of hydrogen-bond donors (Lipinski definition) is 1. The van der Waals surface area contributed by atoms with E-state index < -0.39 is 0 Å². The molecule has 0 aliphatic rings. The van der Waals surface area contributed by atoms with Crippen LogP contribution in [0.2, 0.25) is 0 Å². The highest BCUT2D eigenvalue weighted by Gasteiger charge is 2.13. The van der Waals surface area contributed by atoms with Crippen molar-refractivity contribution in [3.63, 3.8) is 0 Å². The summed E-state index contributed by atoms with van der Waals surface area (Å²) >= 11 is 1.59. The standard InChI is InChI=1S/C15H14FN3S/c1-8-4-5-10(12(16)6-8)14-18-13(17-3)11-7-9(2)20-15(11)19-14/h4-7H,1-3H3,(H,17,18,19). The summed E-state index contributed by atoms with van der Waals surface area (Å²) in [6.45, 7) is 3.89. The van der Waals surface area contributed by atoms with Crippen LogP contribution in [-0.4, -0.2) is 17.0 Å². The summed E-state index contributed by atoms with van der Waals surface area (Å²) in [4.78, 5) is 11.0. The zero-order chi connectivity index (χ0) is 14.3. The minimum Gasteiger partial charge on any atom is -0.372 e. The smallest absolute Gasteiger partial charge is 0.166 e. The van der Waals surface area contributed by atoms with E-state index in [2.05, 4.69) is 15.3 Å². The molecule has 0 bridgehead atoms. The molecule has 0 atom stereocenters. The summed E-state index contributed by atoms with van der Waals surface area (Å²) in [6, 6.07) is 7.14. The largest absolute Gasteiger partial charge is 0.372 e. The van der Waals surface area contributed by atoms with E-state index in [9.17, 15) is 4.39 Å². The van der Waals surface area contributed by atoms with Gasteiger partial charge in [-0.1, -0.05) is 6.07 Å². The Morgan fingerprint density at radius 1 is 1.15 bits per heavy atom. The van der Waals surface area contributed by atoms with Crippen LogP contribution in [0, 0.1) is 19.7 Å². The summed E-state index contributed by atoms with van der Waals surface area (Å²) in [6.07, 6.45) is 0. The molecule has 0 radical (unpaired) electrons. The summed E-state index contributed by atoms with van der Waals surface area (Å²) < 4.78 is 14.1. The average molecular weight is 287 g/mol. The van der Waals surface area contributed by atoms with Crippen LogP contribution in [0.25, 0.3) is 21.6 Å². The molecule has 3 nitrogen and oxygen atoms in total. The van der Waals surface area contributed by atoms with Crippen LogP contribution < -0.4 is 5.32 Å². The number of halogens is 1. The molecule has 1 aromatic carbocycles. The number of aryl methyl sites for hydroxylation is 2. The normalized spacial score (nSPS) is 11.0. The van der Waals surface area contributed by atoms with E-state index in [4.69, 9.17) is 0 Å². The third-order valence-corrected chi connectivity index (χ3v) is 4.06. The van der Waals surface area contributed by atoms with E-state index in [1.165, 1.54) is 6.07 Å². The Labute approximate surface area is 120 Å². The number of thiophene rings is 1. The lowest BCUT2D eigenvalue weighted by atomic mass is 10.1. The van der Waals surface area contributed by atoms with Gasteiger partial charge in [0.1, 0.15) is 16.5 Å². The number of hydrogen-bond acceptors (Lipinski definition) is 4. The number of fused-ring (bicyclic) bond motifs is 1. The zero-order valence-electron chi connectivity index (χ0n) is 11.5. The molecule has 0 saturated heterocycles. The minimum absolute atomic E-state index is 0.292. The quantitative estimate of drug-likeness (QED) is 0.769. The van der Waals surface area contributed by atoms with Gasteiger partial charge in [-0.3, -0.25) is 0 Å². The Morgan fingerprint density at radius 3 is 2.65 bits per heavy atom. The Morgan fingerprint density at radius 2 is 1.95 bits per heavy atom. The number of nitrogens with zero attached hydrogens (tertiary/aromatic N) is 2. The second-order valence-corrected chi connectivity index (χ2v) is 5.94. The van der Waals surface area contributed by atoms with Crippen LogP contribution in [0.5, 0.6) is 0 Å². The highest BCUT2D eigenvalue weighted by atomic mass is 32.1. The predicted molar refractivity (Wildman–Crippen MR) is 81.8 cm³/mol. The molecule has 0 spiro atoms. The molecular formula is C15H14FN3S. The van der Waals surface area contributed by atoms with E-state index in [1.54, 1.807) is 17.4 Å². The molecule has 5 heteroatoms. The van der Waals surface area contributed by atoms with Crippen LogP contribution in [-0.2, 0) is 0 Å². The van der Waals surface area contributed by atoms with Crippen molar-refractivity contribution in [2.75, 3.05) is 12.4 Å². The second kappa shape index (κ2) is 4.83. The number of anilines is 1. The Balaban J connectivity index is 2.25. The third-order valence-electron chi connectivity index (χ3n) is 3.12. The molecule has 0 aliphatic carbocycles. The summed E-state index contributed by atoms with van der Waals surface area (Å²) in [5.41, 5.74) is 1.31. The van der Waals surface area contributed by atoms with Gasteiger partial charge in [0, 0.05) is 11.9 Å². The van der Waals surface area contributed by atoms with Crippen molar-refractivity contribution in [3.05, 3.63) is 40.5 Å². The van der Waals surface area contributed by atoms with Gasteiger partial charge in [0.25, 0.3) is 0 Å². The van der Waals surface area contributed by atoms with Crippen molar-refractivity contribution >= 4 is 27.4 Å². The SMILES string of the molecule is CNc1nc(-c2ccc(C)cc2F)nc2sc(C)cc12. The Kier molecular flexibility index (Phi) is 3.14. The van der Waals surface area contributed by atoms with Crippen LogP contribution in [0.15, 0.2) is 24.3 Å². The molecule has 0 unspecified atom stereocenters. The lowest BCUT2D eigenvalue weighted by Gasteiger charge is -2.06. The van der Waals surface area contributed by atoms with Gasteiger partial charge in [-0.15, -0.1) is 11.3 Å². The maximum Gasteiger partial charge on any atom is 0.166 e. The Bertz CT molecular complexity index is 795. The molecule has 3 rings (SSSR count). The number of benzene rings is 1. The van der Waals surface area contributed by atoms with Crippen LogP contribution >= 0.6 is 11.3 Å². The van der Waals surface area contributed by atoms with Crippen molar-refractivity contribution in [1.82, 2.24) is 9.97 Å². The lowest BCUT2D eigenvalue weighted by Crippen LogP contribution is -1.98. The number of nitrogens with one attached hydrogen (secondary N) is 1. The summed E-state index contributed by atoms with van der Waals surface area (Å²) in [5, 5.41) is 4.04. The van der Waals surface area contributed by atoms with Gasteiger partial charge in [-0.25, -0.2) is 14.4 Å². The fourth-order valence-electron chi connectivity index (χ4n) is 2.15. The molecular weight excluding hydrogens is 273 g/mol. The molecule has 102 valence electrons. The highest BCUT2D eigenvalue weighted by Crippen LogP contribution is 2.31. The molecule has 0 fully saturated rings. The minimum atomic E-state index is -0.292. The first-order valence-electron chi connectivity index (χ1n) is 6.31. The Hall–Kier alpha value is -2.01. The molecule has 0 amide bonds. The second-order valence-electron chi connectivity index (χ2n) is 4.70. The average Bonchev–Trinajstić information content (AvgIpc) is 2.77. The van der Waals surface area contributed by atoms with E-state index >= 15 is 0 Å². The molecule has 0 aliphatic heterocycles. The van der Waals surface area contributed by atoms with Crippen molar-refractivity contribution in [2.24, 2.45) is 0 Å². The monoisotopic (exact) mass is 287 g/mol. The van der Waals surface area contributed by atoms with Crippen LogP contribution in [0.4, 0.5) is 10.2 Å². The first-order chi connectivity index (χ1) is 9.58. The molecule has 20 heavy (non-hydrogen) atoms. The first kappa shape index (κ1) is 13.0. The fraction of sp³-hybridized carbons (Fsp3) is 0.200. The summed E-state index contributed by atoms with van der Waals surface area (Å²) in [5.74, 6) is 0.857. The summed E-state index contributed by atoms with van der Waals surface area (Å²) in [7, 11) is 1.81. The van der Waals surface area contributed by atoms with Crippen LogP contribution in [0.3, 0.4) is 0 Å². The van der Waals surface area contributed by atoms with Gasteiger partial charge in [-0.05, 0) is 37.6 Å². The van der Waals surface area contributed by atoms with E-state index in [-0.39, 0.29) is 5.82 Å². The van der Waals surface area contributed by atoms with Crippen molar-refractivity contribution in [3.8, 4) is 11.4 Å². The fourth-order valence-corrected chi connectivity index (χ4v) is 3.03. The maximum absolute atomic E-state index is 14.1. The van der Waals surface area contributed by atoms with E-state index in [0.717, 1.165) is 26.5 Å². The maximum atomic E-state index is 14.1. The number of rotatable bonds is 2. The van der Waals surface area contributed by atoms with Crippen LogP contribution in [0.1, 0.15) is 10.4 Å². The highest BCUT2D eigenvalue weighted by molar-refractivity contribution is 7.18. The molecule has 3 aromatic rings. The zero-order valence-corrected chi connectivity index (χ0v) is 12.3. The molecule has 2 heterocycles. The van der Waals surface area contributed by atoms with Gasteiger partial charge >= 0.3 is 0 Å². The topological polar surface area (TPSA) is 37.8 Å². The van der Waals surface area contributed by atoms with Crippen molar-refractivity contribution < 1.29 is 4.39 Å². The van der Waals surface area contributed by atoms with Crippen molar-refractivity contribution in [2.45, 2.75) is 13.8 Å².